The molecule has 3 heteroatoms. The predicted octanol–water partition coefficient (Wildman–Crippen LogP) is 3.21. The molecule has 0 N–H and O–H groups in total. The third-order valence-corrected chi connectivity index (χ3v) is 2.40. The standard InChI is InChI=1S/C13H11FO2/c1-2-12-11(6-7-16-12)13(15)9-4-3-5-10(14)8-9/h3-8H,2H2,1H3. The van der Waals surface area contributed by atoms with E-state index in [2.05, 4.69) is 0 Å². The minimum atomic E-state index is -0.410. The van der Waals surface area contributed by atoms with Crippen molar-refractivity contribution in [1.82, 2.24) is 0 Å². The lowest BCUT2D eigenvalue weighted by Gasteiger charge is -2.00. The second-order valence-corrected chi connectivity index (χ2v) is 3.45. The summed E-state index contributed by atoms with van der Waals surface area (Å²) < 4.78 is 18.1. The van der Waals surface area contributed by atoms with Gasteiger partial charge in [-0.15, -0.1) is 0 Å². The van der Waals surface area contributed by atoms with Crippen molar-refractivity contribution in [2.45, 2.75) is 13.3 Å². The Labute approximate surface area is 92.7 Å². The van der Waals surface area contributed by atoms with E-state index in [0.29, 0.717) is 23.3 Å². The first-order chi connectivity index (χ1) is 7.72. The summed E-state index contributed by atoms with van der Waals surface area (Å²) in [6, 6.07) is 7.28. The van der Waals surface area contributed by atoms with Gasteiger partial charge in [-0.3, -0.25) is 4.79 Å². The summed E-state index contributed by atoms with van der Waals surface area (Å²) >= 11 is 0. The second-order valence-electron chi connectivity index (χ2n) is 3.45. The molecule has 2 nitrogen and oxygen atoms in total. The molecule has 2 aromatic rings. The van der Waals surface area contributed by atoms with Gasteiger partial charge in [-0.1, -0.05) is 19.1 Å². The van der Waals surface area contributed by atoms with Crippen molar-refractivity contribution in [3.63, 3.8) is 0 Å². The summed E-state index contributed by atoms with van der Waals surface area (Å²) in [6.45, 7) is 1.90. The number of aryl methyl sites for hydroxylation is 1. The lowest BCUT2D eigenvalue weighted by molar-refractivity contribution is 0.103. The molecule has 0 fully saturated rings. The molecule has 2 rings (SSSR count). The third kappa shape index (κ3) is 1.89. The molecule has 0 bridgehead atoms. The zero-order chi connectivity index (χ0) is 11.5. The van der Waals surface area contributed by atoms with E-state index >= 15 is 0 Å². The highest BCUT2D eigenvalue weighted by Crippen LogP contribution is 2.17. The first kappa shape index (κ1) is 10.6. The average molecular weight is 218 g/mol. The molecular weight excluding hydrogens is 207 g/mol. The van der Waals surface area contributed by atoms with Gasteiger partial charge in [0.25, 0.3) is 0 Å². The van der Waals surface area contributed by atoms with Crippen molar-refractivity contribution in [2.75, 3.05) is 0 Å². The highest BCUT2D eigenvalue weighted by molar-refractivity contribution is 6.09. The first-order valence-electron chi connectivity index (χ1n) is 5.09. The van der Waals surface area contributed by atoms with Gasteiger partial charge in [0.15, 0.2) is 5.78 Å². The topological polar surface area (TPSA) is 30.2 Å². The molecule has 1 aromatic carbocycles. The third-order valence-electron chi connectivity index (χ3n) is 2.40. The van der Waals surface area contributed by atoms with Crippen LogP contribution in [0.5, 0.6) is 0 Å². The maximum atomic E-state index is 13.0. The van der Waals surface area contributed by atoms with Crippen LogP contribution in [-0.2, 0) is 6.42 Å². The van der Waals surface area contributed by atoms with Crippen molar-refractivity contribution in [3.05, 3.63) is 59.3 Å². The molecule has 0 aliphatic rings. The molecule has 0 spiro atoms. The van der Waals surface area contributed by atoms with Crippen LogP contribution in [0.1, 0.15) is 28.6 Å². The van der Waals surface area contributed by atoms with E-state index in [9.17, 15) is 9.18 Å². The SMILES string of the molecule is CCc1occc1C(=O)c1cccc(F)c1. The van der Waals surface area contributed by atoms with E-state index in [0.717, 1.165) is 0 Å². The van der Waals surface area contributed by atoms with Crippen molar-refractivity contribution >= 4 is 5.78 Å². The van der Waals surface area contributed by atoms with Crippen LogP contribution >= 0.6 is 0 Å². The summed E-state index contributed by atoms with van der Waals surface area (Å²) in [7, 11) is 0. The Morgan fingerprint density at radius 3 is 2.88 bits per heavy atom. The molecule has 16 heavy (non-hydrogen) atoms. The van der Waals surface area contributed by atoms with Gasteiger partial charge < -0.3 is 4.42 Å². The van der Waals surface area contributed by atoms with Gasteiger partial charge in [0.2, 0.25) is 0 Å². The van der Waals surface area contributed by atoms with Gasteiger partial charge in [-0.25, -0.2) is 4.39 Å². The molecule has 82 valence electrons. The Bertz CT molecular complexity index is 514. The number of halogens is 1. The van der Waals surface area contributed by atoms with Gasteiger partial charge in [-0.2, -0.15) is 0 Å². The summed E-state index contributed by atoms with van der Waals surface area (Å²) in [5.41, 5.74) is 0.851. The summed E-state index contributed by atoms with van der Waals surface area (Å²) in [5.74, 6) is 0.0201. The highest BCUT2D eigenvalue weighted by atomic mass is 19.1. The maximum absolute atomic E-state index is 13.0. The number of hydrogen-bond acceptors (Lipinski definition) is 2. The Hall–Kier alpha value is -1.90. The Morgan fingerprint density at radius 2 is 2.19 bits per heavy atom. The van der Waals surface area contributed by atoms with E-state index in [-0.39, 0.29) is 5.78 Å². The Kier molecular flexibility index (Phi) is 2.86. The molecule has 1 heterocycles. The number of hydrogen-bond donors (Lipinski definition) is 0. The molecule has 0 saturated carbocycles. The number of carbonyl (C=O) groups excluding carboxylic acids is 1. The lowest BCUT2D eigenvalue weighted by Crippen LogP contribution is -2.02. The zero-order valence-corrected chi connectivity index (χ0v) is 8.87. The molecule has 0 radical (unpaired) electrons. The molecular formula is C13H11FO2. The molecule has 1 aromatic heterocycles. The zero-order valence-electron chi connectivity index (χ0n) is 8.87. The van der Waals surface area contributed by atoms with Crippen molar-refractivity contribution in [3.8, 4) is 0 Å². The number of furan rings is 1. The predicted molar refractivity (Wildman–Crippen MR) is 57.9 cm³/mol. The van der Waals surface area contributed by atoms with Crippen LogP contribution in [0.3, 0.4) is 0 Å². The van der Waals surface area contributed by atoms with Crippen LogP contribution in [-0.4, -0.2) is 5.78 Å². The summed E-state index contributed by atoms with van der Waals surface area (Å²) in [6.07, 6.45) is 2.12. The number of rotatable bonds is 3. The molecule has 0 aliphatic heterocycles. The van der Waals surface area contributed by atoms with Crippen LogP contribution < -0.4 is 0 Å². The first-order valence-corrected chi connectivity index (χ1v) is 5.09. The molecule has 0 unspecified atom stereocenters. The Morgan fingerprint density at radius 1 is 1.38 bits per heavy atom. The minimum Gasteiger partial charge on any atom is -0.469 e. The average Bonchev–Trinajstić information content (AvgIpc) is 2.76. The van der Waals surface area contributed by atoms with Crippen LogP contribution in [0.2, 0.25) is 0 Å². The monoisotopic (exact) mass is 218 g/mol. The van der Waals surface area contributed by atoms with E-state index in [1.54, 1.807) is 12.1 Å². The van der Waals surface area contributed by atoms with Gasteiger partial charge >= 0.3 is 0 Å². The fourth-order valence-corrected chi connectivity index (χ4v) is 1.60. The second kappa shape index (κ2) is 4.31. The van der Waals surface area contributed by atoms with Gasteiger partial charge in [0.05, 0.1) is 11.8 Å². The highest BCUT2D eigenvalue weighted by Gasteiger charge is 2.15. The molecule has 0 amide bonds. The molecule has 0 aliphatic carbocycles. The normalized spacial score (nSPS) is 10.4. The minimum absolute atomic E-state index is 0.204. The van der Waals surface area contributed by atoms with Crippen molar-refractivity contribution in [1.29, 1.82) is 0 Å². The van der Waals surface area contributed by atoms with Crippen LogP contribution in [0, 0.1) is 5.82 Å². The molecule has 0 saturated heterocycles. The fraction of sp³-hybridized carbons (Fsp3) is 0.154. The lowest BCUT2D eigenvalue weighted by atomic mass is 10.0. The number of benzene rings is 1. The quantitative estimate of drug-likeness (QED) is 0.740. The van der Waals surface area contributed by atoms with Crippen molar-refractivity contribution in [2.24, 2.45) is 0 Å². The van der Waals surface area contributed by atoms with Crippen molar-refractivity contribution < 1.29 is 13.6 Å². The van der Waals surface area contributed by atoms with E-state index in [4.69, 9.17) is 4.42 Å². The van der Waals surface area contributed by atoms with Gasteiger partial charge in [0, 0.05) is 12.0 Å². The smallest absolute Gasteiger partial charge is 0.196 e. The largest absolute Gasteiger partial charge is 0.469 e. The van der Waals surface area contributed by atoms with Crippen LogP contribution in [0.4, 0.5) is 4.39 Å². The van der Waals surface area contributed by atoms with Gasteiger partial charge in [0.1, 0.15) is 11.6 Å². The van der Waals surface area contributed by atoms with Gasteiger partial charge in [-0.05, 0) is 18.2 Å². The number of ketones is 1. The maximum Gasteiger partial charge on any atom is 0.196 e. The van der Waals surface area contributed by atoms with Crippen LogP contribution in [0.25, 0.3) is 0 Å². The number of carbonyl (C=O) groups is 1. The molecule has 0 atom stereocenters. The van der Waals surface area contributed by atoms with Crippen LogP contribution in [0.15, 0.2) is 41.0 Å². The fourth-order valence-electron chi connectivity index (χ4n) is 1.60. The van der Waals surface area contributed by atoms with E-state index in [1.165, 1.54) is 24.5 Å². The summed E-state index contributed by atoms with van der Waals surface area (Å²) in [4.78, 5) is 12.0. The van der Waals surface area contributed by atoms with E-state index < -0.39 is 5.82 Å². The Balaban J connectivity index is 2.39. The van der Waals surface area contributed by atoms with E-state index in [1.807, 2.05) is 6.92 Å². The summed E-state index contributed by atoms with van der Waals surface area (Å²) in [5, 5.41) is 0.